The Balaban J connectivity index is 1.31. The number of hydrogen-bond acceptors (Lipinski definition) is 9. The van der Waals surface area contributed by atoms with Crippen molar-refractivity contribution in [1.29, 1.82) is 0 Å². The molecule has 0 radical (unpaired) electrons. The molecule has 2 aromatic heterocycles. The van der Waals surface area contributed by atoms with Crippen LogP contribution >= 0.6 is 12.2 Å². The number of ether oxygens (including phenoxy) is 1. The van der Waals surface area contributed by atoms with Gasteiger partial charge in [0.1, 0.15) is 5.69 Å². The van der Waals surface area contributed by atoms with E-state index in [9.17, 15) is 14.9 Å². The smallest absolute Gasteiger partial charge is 0.293 e. The van der Waals surface area contributed by atoms with Crippen LogP contribution in [0.15, 0.2) is 59.1 Å². The van der Waals surface area contributed by atoms with E-state index < -0.39 is 10.8 Å². The van der Waals surface area contributed by atoms with Crippen molar-refractivity contribution in [3.63, 3.8) is 0 Å². The van der Waals surface area contributed by atoms with Crippen LogP contribution in [0.2, 0.25) is 0 Å². The van der Waals surface area contributed by atoms with Crippen molar-refractivity contribution < 1.29 is 18.9 Å². The number of nitro groups is 1. The van der Waals surface area contributed by atoms with Crippen molar-refractivity contribution in [3.05, 3.63) is 76.0 Å². The molecule has 0 saturated carbocycles. The van der Waals surface area contributed by atoms with E-state index in [1.807, 2.05) is 24.0 Å². The molecule has 2 aromatic carbocycles. The van der Waals surface area contributed by atoms with Gasteiger partial charge in [0.05, 0.1) is 18.1 Å². The number of hydrogen-bond donors (Lipinski definition) is 2. The van der Waals surface area contributed by atoms with Gasteiger partial charge in [-0.3, -0.25) is 20.2 Å². The third-order valence-corrected chi connectivity index (χ3v) is 6.11. The van der Waals surface area contributed by atoms with Crippen LogP contribution in [0.5, 0.6) is 0 Å². The van der Waals surface area contributed by atoms with Gasteiger partial charge in [-0.25, -0.2) is 4.98 Å². The van der Waals surface area contributed by atoms with Crippen molar-refractivity contribution in [2.24, 2.45) is 0 Å². The number of aromatic nitrogens is 2. The van der Waals surface area contributed by atoms with Gasteiger partial charge in [0.15, 0.2) is 16.3 Å². The minimum atomic E-state index is -0.562. The summed E-state index contributed by atoms with van der Waals surface area (Å²) in [5, 5.41) is 17.4. The summed E-state index contributed by atoms with van der Waals surface area (Å²) in [4.78, 5) is 34.5. The molecule has 1 aliphatic rings. The van der Waals surface area contributed by atoms with E-state index in [0.717, 1.165) is 5.56 Å². The Kier molecular flexibility index (Phi) is 6.75. The summed E-state index contributed by atoms with van der Waals surface area (Å²) in [6.07, 6.45) is 1.64. The maximum Gasteiger partial charge on any atom is 0.293 e. The van der Waals surface area contributed by atoms with Crippen molar-refractivity contribution in [2.45, 2.75) is 6.92 Å². The zero-order valence-corrected chi connectivity index (χ0v) is 20.6. The monoisotopic (exact) mass is 518 g/mol. The highest BCUT2D eigenvalue weighted by atomic mass is 32.1. The summed E-state index contributed by atoms with van der Waals surface area (Å²) in [6.45, 7) is 3.95. The highest BCUT2D eigenvalue weighted by Crippen LogP contribution is 2.30. The number of thiocarbonyl (C=S) groups is 1. The fourth-order valence-corrected chi connectivity index (χ4v) is 4.20. The molecule has 0 atom stereocenters. The molecule has 1 saturated heterocycles. The number of nitrogens with one attached hydrogen (secondary N) is 2. The molecule has 11 nitrogen and oxygen atoms in total. The van der Waals surface area contributed by atoms with Gasteiger partial charge in [0.25, 0.3) is 11.6 Å². The maximum absolute atomic E-state index is 12.9. The topological polar surface area (TPSA) is 136 Å². The van der Waals surface area contributed by atoms with Crippen molar-refractivity contribution in [3.8, 4) is 11.5 Å². The number of fused-ring (bicyclic) bond motifs is 1. The molecule has 188 valence electrons. The third-order valence-electron chi connectivity index (χ3n) is 5.91. The van der Waals surface area contributed by atoms with Gasteiger partial charge in [0.2, 0.25) is 5.89 Å². The number of benzene rings is 2. The van der Waals surface area contributed by atoms with Gasteiger partial charge < -0.3 is 19.4 Å². The Hall–Kier alpha value is -4.42. The molecular weight excluding hydrogens is 496 g/mol. The molecule has 37 heavy (non-hydrogen) atoms. The predicted molar refractivity (Wildman–Crippen MR) is 142 cm³/mol. The lowest BCUT2D eigenvalue weighted by Gasteiger charge is -2.28. The van der Waals surface area contributed by atoms with E-state index >= 15 is 0 Å². The minimum absolute atomic E-state index is 0.0457. The number of anilines is 2. The van der Waals surface area contributed by atoms with Crippen LogP contribution in [0.4, 0.5) is 17.1 Å². The Labute approximate surface area is 216 Å². The van der Waals surface area contributed by atoms with E-state index in [2.05, 4.69) is 20.6 Å². The lowest BCUT2D eigenvalue weighted by Crippen LogP contribution is -2.37. The summed E-state index contributed by atoms with van der Waals surface area (Å²) in [6, 6.07) is 13.5. The molecule has 5 rings (SSSR count). The first-order valence-corrected chi connectivity index (χ1v) is 11.9. The number of nitrogens with zero attached hydrogens (tertiary/aromatic N) is 4. The molecule has 0 spiro atoms. The number of aryl methyl sites for hydroxylation is 1. The number of nitro benzene ring substituents is 1. The second-order valence-corrected chi connectivity index (χ2v) is 8.75. The van der Waals surface area contributed by atoms with E-state index in [0.29, 0.717) is 60.4 Å². The molecule has 1 fully saturated rings. The molecule has 2 N–H and O–H groups in total. The molecule has 1 aliphatic heterocycles. The summed E-state index contributed by atoms with van der Waals surface area (Å²) >= 11 is 5.35. The molecule has 12 heteroatoms. The Morgan fingerprint density at radius 2 is 1.97 bits per heavy atom. The number of amides is 1. The zero-order chi connectivity index (χ0) is 25.9. The van der Waals surface area contributed by atoms with E-state index in [1.165, 1.54) is 6.07 Å². The minimum Gasteiger partial charge on any atom is -0.434 e. The van der Waals surface area contributed by atoms with Gasteiger partial charge in [-0.2, -0.15) is 4.98 Å². The molecule has 0 bridgehead atoms. The summed E-state index contributed by atoms with van der Waals surface area (Å²) in [7, 11) is 0. The quantitative estimate of drug-likeness (QED) is 0.226. The molecular formula is C25H22N6O5S. The van der Waals surface area contributed by atoms with Gasteiger partial charge in [-0.1, -0.05) is 6.07 Å². The molecule has 0 unspecified atom stereocenters. The lowest BCUT2D eigenvalue weighted by atomic mass is 10.1. The van der Waals surface area contributed by atoms with Gasteiger partial charge in [-0.15, -0.1) is 0 Å². The predicted octanol–water partition coefficient (Wildman–Crippen LogP) is 4.07. The first kappa shape index (κ1) is 24.3. The SMILES string of the molecule is Cc1ccc(-c2nc3ncccc3o2)cc1NC(=S)NC(=O)c1ccc(N2CCOCC2)c([N+](=O)[O-])c1. The first-order chi connectivity index (χ1) is 17.9. The van der Waals surface area contributed by atoms with Gasteiger partial charge in [0, 0.05) is 42.2 Å². The molecule has 3 heterocycles. The van der Waals surface area contributed by atoms with Crippen molar-refractivity contribution >= 4 is 51.5 Å². The van der Waals surface area contributed by atoms with Gasteiger partial charge >= 0.3 is 0 Å². The third kappa shape index (κ3) is 5.25. The average Bonchev–Trinajstić information content (AvgIpc) is 3.34. The van der Waals surface area contributed by atoms with Gasteiger partial charge in [-0.05, 0) is 61.1 Å². The van der Waals surface area contributed by atoms with Crippen LogP contribution < -0.4 is 15.5 Å². The Bertz CT molecular complexity index is 1480. The number of morpholine rings is 1. The average molecular weight is 519 g/mol. The number of rotatable bonds is 5. The normalized spacial score (nSPS) is 13.4. The standard InChI is InChI=1S/C25H22N6O5S/c1-15-4-5-17(24-28-22-21(36-24)3-2-8-26-22)13-18(15)27-25(37)29-23(32)16-6-7-19(20(14-16)31(33)34)30-9-11-35-12-10-30/h2-8,13-14H,9-12H2,1H3,(H2,27,29,32,37). The van der Waals surface area contributed by atoms with E-state index in [-0.39, 0.29) is 16.4 Å². The van der Waals surface area contributed by atoms with Crippen molar-refractivity contribution in [2.75, 3.05) is 36.5 Å². The second kappa shape index (κ2) is 10.3. The maximum atomic E-state index is 12.9. The molecule has 4 aromatic rings. The molecule has 0 aliphatic carbocycles. The van der Waals surface area contributed by atoms with Crippen LogP contribution in [-0.2, 0) is 4.74 Å². The largest absolute Gasteiger partial charge is 0.434 e. The molecule has 1 amide bonds. The highest BCUT2D eigenvalue weighted by Gasteiger charge is 2.23. The zero-order valence-electron chi connectivity index (χ0n) is 19.8. The first-order valence-electron chi connectivity index (χ1n) is 11.4. The number of pyridine rings is 1. The van der Waals surface area contributed by atoms with Crippen LogP contribution in [-0.4, -0.2) is 52.2 Å². The number of oxazole rings is 1. The fourth-order valence-electron chi connectivity index (χ4n) is 3.99. The fraction of sp³-hybridized carbons (Fsp3) is 0.200. The number of carbonyl (C=O) groups excluding carboxylic acids is 1. The van der Waals surface area contributed by atoms with Crippen LogP contribution in [0, 0.1) is 17.0 Å². The Morgan fingerprint density at radius 1 is 1.16 bits per heavy atom. The second-order valence-electron chi connectivity index (χ2n) is 8.34. The lowest BCUT2D eigenvalue weighted by molar-refractivity contribution is -0.384. The van der Waals surface area contributed by atoms with Crippen molar-refractivity contribution in [1.82, 2.24) is 15.3 Å². The summed E-state index contributed by atoms with van der Waals surface area (Å²) in [5.41, 5.74) is 3.73. The van der Waals surface area contributed by atoms with Crippen LogP contribution in [0.1, 0.15) is 15.9 Å². The van der Waals surface area contributed by atoms with Crippen LogP contribution in [0.25, 0.3) is 22.7 Å². The Morgan fingerprint density at radius 3 is 2.73 bits per heavy atom. The van der Waals surface area contributed by atoms with E-state index in [4.69, 9.17) is 21.4 Å². The summed E-state index contributed by atoms with van der Waals surface area (Å²) in [5.74, 6) is -0.160. The van der Waals surface area contributed by atoms with E-state index in [1.54, 1.807) is 36.5 Å². The summed E-state index contributed by atoms with van der Waals surface area (Å²) < 4.78 is 11.1. The number of carbonyl (C=O) groups is 1. The van der Waals surface area contributed by atoms with Crippen LogP contribution in [0.3, 0.4) is 0 Å². The highest BCUT2D eigenvalue weighted by molar-refractivity contribution is 7.80.